The van der Waals surface area contributed by atoms with Crippen LogP contribution in [0.4, 0.5) is 8.78 Å². The third-order valence-electron chi connectivity index (χ3n) is 3.12. The monoisotopic (exact) mass is 320 g/mol. The number of halogens is 3. The number of benzene rings is 1. The molecular weight excluding hydrogens is 298 g/mol. The van der Waals surface area contributed by atoms with Gasteiger partial charge in [-0.25, -0.2) is 8.78 Å². The number of hydrogen-bond donors (Lipinski definition) is 2. The number of carbonyl (C=O) groups excluding carboxylic acids is 1. The molecule has 0 fully saturated rings. The first-order valence-corrected chi connectivity index (χ1v) is 7.05. The number of amides is 1. The van der Waals surface area contributed by atoms with Crippen LogP contribution in [-0.2, 0) is 11.2 Å². The van der Waals surface area contributed by atoms with E-state index < -0.39 is 11.6 Å². The molecule has 0 aromatic heterocycles. The minimum Gasteiger partial charge on any atom is -0.356 e. The smallest absolute Gasteiger partial charge is 0.220 e. The van der Waals surface area contributed by atoms with Crippen LogP contribution in [0.2, 0.25) is 0 Å². The van der Waals surface area contributed by atoms with Gasteiger partial charge in [-0.15, -0.1) is 12.4 Å². The quantitative estimate of drug-likeness (QED) is 0.687. The second kappa shape index (κ2) is 11.5. The molecule has 0 aliphatic rings. The highest BCUT2D eigenvalue weighted by molar-refractivity contribution is 5.85. The van der Waals surface area contributed by atoms with Crippen molar-refractivity contribution in [2.45, 2.75) is 38.5 Å². The minimum absolute atomic E-state index is 0. The summed E-state index contributed by atoms with van der Waals surface area (Å²) in [5.74, 6) is -1.21. The van der Waals surface area contributed by atoms with E-state index in [4.69, 9.17) is 5.73 Å². The molecule has 6 heteroatoms. The molecule has 3 nitrogen and oxygen atoms in total. The Morgan fingerprint density at radius 1 is 1.10 bits per heavy atom. The number of carbonyl (C=O) groups is 1. The summed E-state index contributed by atoms with van der Waals surface area (Å²) >= 11 is 0. The van der Waals surface area contributed by atoms with Gasteiger partial charge in [0.05, 0.1) is 0 Å². The topological polar surface area (TPSA) is 55.1 Å². The molecule has 3 N–H and O–H groups in total. The van der Waals surface area contributed by atoms with Gasteiger partial charge in [0.2, 0.25) is 5.91 Å². The molecular formula is C15H23ClF2N2O. The van der Waals surface area contributed by atoms with E-state index in [1.807, 2.05) is 0 Å². The summed E-state index contributed by atoms with van der Waals surface area (Å²) in [7, 11) is 0. The van der Waals surface area contributed by atoms with Gasteiger partial charge in [-0.2, -0.15) is 0 Å². The van der Waals surface area contributed by atoms with Crippen LogP contribution in [0, 0.1) is 11.6 Å². The summed E-state index contributed by atoms with van der Waals surface area (Å²) in [5.41, 5.74) is 5.40. The normalized spacial score (nSPS) is 10.0. The maximum atomic E-state index is 13.3. The fourth-order valence-corrected chi connectivity index (χ4v) is 1.97. The van der Waals surface area contributed by atoms with Crippen LogP contribution in [0.15, 0.2) is 18.2 Å². The van der Waals surface area contributed by atoms with Gasteiger partial charge in [0.1, 0.15) is 11.6 Å². The highest BCUT2D eigenvalue weighted by Gasteiger charge is 2.08. The van der Waals surface area contributed by atoms with Crippen molar-refractivity contribution in [3.8, 4) is 0 Å². The largest absolute Gasteiger partial charge is 0.356 e. The van der Waals surface area contributed by atoms with E-state index in [2.05, 4.69) is 5.32 Å². The molecule has 0 saturated carbocycles. The van der Waals surface area contributed by atoms with Crippen molar-refractivity contribution in [2.75, 3.05) is 13.1 Å². The molecule has 1 amide bonds. The fourth-order valence-electron chi connectivity index (χ4n) is 1.97. The Balaban J connectivity index is 0.00000400. The zero-order valence-corrected chi connectivity index (χ0v) is 12.9. The number of nitrogens with two attached hydrogens (primary N) is 1. The SMILES string of the molecule is Cl.NCCCCCCC(=O)NCCc1c(F)cccc1F. The molecule has 0 atom stereocenters. The average molecular weight is 321 g/mol. The predicted molar refractivity (Wildman–Crippen MR) is 82.5 cm³/mol. The molecule has 1 rings (SSSR count). The molecule has 0 radical (unpaired) electrons. The first-order valence-electron chi connectivity index (χ1n) is 7.05. The summed E-state index contributed by atoms with van der Waals surface area (Å²) < 4.78 is 26.7. The van der Waals surface area contributed by atoms with E-state index in [0.717, 1.165) is 25.7 Å². The zero-order valence-electron chi connectivity index (χ0n) is 12.0. The maximum Gasteiger partial charge on any atom is 0.220 e. The van der Waals surface area contributed by atoms with E-state index in [1.54, 1.807) is 0 Å². The number of unbranched alkanes of at least 4 members (excludes halogenated alkanes) is 3. The highest BCUT2D eigenvalue weighted by atomic mass is 35.5. The van der Waals surface area contributed by atoms with E-state index in [1.165, 1.54) is 18.2 Å². The lowest BCUT2D eigenvalue weighted by atomic mass is 10.1. The van der Waals surface area contributed by atoms with Gasteiger partial charge in [0.25, 0.3) is 0 Å². The van der Waals surface area contributed by atoms with Crippen LogP contribution in [-0.4, -0.2) is 19.0 Å². The van der Waals surface area contributed by atoms with Crippen molar-refractivity contribution in [1.82, 2.24) is 5.32 Å². The van der Waals surface area contributed by atoms with Gasteiger partial charge in [-0.05, 0) is 37.9 Å². The lowest BCUT2D eigenvalue weighted by molar-refractivity contribution is -0.121. The molecule has 0 spiro atoms. The molecule has 0 aliphatic carbocycles. The van der Waals surface area contributed by atoms with Gasteiger partial charge in [-0.3, -0.25) is 4.79 Å². The zero-order chi connectivity index (χ0) is 14.8. The third-order valence-corrected chi connectivity index (χ3v) is 3.12. The molecule has 0 bridgehead atoms. The average Bonchev–Trinajstić information content (AvgIpc) is 2.42. The maximum absolute atomic E-state index is 13.3. The Kier molecular flexibility index (Phi) is 10.8. The fraction of sp³-hybridized carbons (Fsp3) is 0.533. The van der Waals surface area contributed by atoms with Gasteiger partial charge < -0.3 is 11.1 Å². The van der Waals surface area contributed by atoms with Crippen molar-refractivity contribution in [2.24, 2.45) is 5.73 Å². The molecule has 0 aliphatic heterocycles. The van der Waals surface area contributed by atoms with E-state index in [-0.39, 0.29) is 36.8 Å². The van der Waals surface area contributed by atoms with E-state index >= 15 is 0 Å². The molecule has 0 saturated heterocycles. The van der Waals surface area contributed by atoms with Crippen molar-refractivity contribution >= 4 is 18.3 Å². The molecule has 1 aromatic carbocycles. The lowest BCUT2D eigenvalue weighted by Gasteiger charge is -2.07. The molecule has 0 unspecified atom stereocenters. The molecule has 120 valence electrons. The predicted octanol–water partition coefficient (Wildman–Crippen LogP) is 2.95. The van der Waals surface area contributed by atoms with Crippen LogP contribution in [0.25, 0.3) is 0 Å². The highest BCUT2D eigenvalue weighted by Crippen LogP contribution is 2.12. The minimum atomic E-state index is -0.568. The van der Waals surface area contributed by atoms with Gasteiger partial charge in [0, 0.05) is 18.5 Å². The van der Waals surface area contributed by atoms with Crippen LogP contribution >= 0.6 is 12.4 Å². The number of nitrogens with one attached hydrogen (secondary N) is 1. The van der Waals surface area contributed by atoms with Crippen LogP contribution in [0.3, 0.4) is 0 Å². The van der Waals surface area contributed by atoms with Crippen molar-refractivity contribution in [1.29, 1.82) is 0 Å². The third kappa shape index (κ3) is 7.97. The second-order valence-corrected chi connectivity index (χ2v) is 4.75. The van der Waals surface area contributed by atoms with Crippen LogP contribution < -0.4 is 11.1 Å². The Morgan fingerprint density at radius 2 is 1.71 bits per heavy atom. The van der Waals surface area contributed by atoms with Gasteiger partial charge in [0.15, 0.2) is 0 Å². The Bertz CT molecular complexity index is 410. The van der Waals surface area contributed by atoms with E-state index in [9.17, 15) is 13.6 Å². The standard InChI is InChI=1S/C15H22F2N2O.ClH/c16-13-6-5-7-14(17)12(13)9-11-19-15(20)8-3-1-2-4-10-18;/h5-7H,1-4,8-11,18H2,(H,19,20);1H. The summed E-state index contributed by atoms with van der Waals surface area (Å²) in [5, 5.41) is 2.68. The summed E-state index contributed by atoms with van der Waals surface area (Å²) in [6.45, 7) is 0.930. The summed E-state index contributed by atoms with van der Waals surface area (Å²) in [6, 6.07) is 3.77. The van der Waals surface area contributed by atoms with Crippen molar-refractivity contribution in [3.63, 3.8) is 0 Å². The Hall–Kier alpha value is -1.20. The van der Waals surface area contributed by atoms with Crippen LogP contribution in [0.1, 0.15) is 37.7 Å². The first-order chi connectivity index (χ1) is 9.65. The Labute approximate surface area is 130 Å². The summed E-state index contributed by atoms with van der Waals surface area (Å²) in [6.07, 6.45) is 4.42. The molecule has 1 aromatic rings. The van der Waals surface area contributed by atoms with Crippen LogP contribution in [0.5, 0.6) is 0 Å². The number of rotatable bonds is 9. The first kappa shape index (κ1) is 19.8. The molecule has 0 heterocycles. The lowest BCUT2D eigenvalue weighted by Crippen LogP contribution is -2.25. The second-order valence-electron chi connectivity index (χ2n) is 4.75. The van der Waals surface area contributed by atoms with Crippen molar-refractivity contribution in [3.05, 3.63) is 35.4 Å². The molecule has 21 heavy (non-hydrogen) atoms. The Morgan fingerprint density at radius 3 is 2.33 bits per heavy atom. The number of hydrogen-bond acceptors (Lipinski definition) is 2. The van der Waals surface area contributed by atoms with E-state index in [0.29, 0.717) is 13.0 Å². The summed E-state index contributed by atoms with van der Waals surface area (Å²) in [4.78, 5) is 11.5. The van der Waals surface area contributed by atoms with Gasteiger partial charge in [-0.1, -0.05) is 18.9 Å². The van der Waals surface area contributed by atoms with Crippen molar-refractivity contribution < 1.29 is 13.6 Å². The van der Waals surface area contributed by atoms with Gasteiger partial charge >= 0.3 is 0 Å².